The van der Waals surface area contributed by atoms with Crippen molar-refractivity contribution in [1.29, 1.82) is 0 Å². The number of rotatable bonds is 27. The summed E-state index contributed by atoms with van der Waals surface area (Å²) in [6.07, 6.45) is 17.3. The van der Waals surface area contributed by atoms with Crippen LogP contribution < -0.4 is 9.64 Å². The molecule has 0 bridgehead atoms. The number of benzene rings is 1. The third kappa shape index (κ3) is 20.6. The van der Waals surface area contributed by atoms with Gasteiger partial charge < -0.3 is 14.5 Å². The van der Waals surface area contributed by atoms with Gasteiger partial charge in [-0.05, 0) is 55.7 Å². The van der Waals surface area contributed by atoms with Gasteiger partial charge in [0.2, 0.25) is 0 Å². The van der Waals surface area contributed by atoms with Crippen molar-refractivity contribution in [1.82, 2.24) is 0 Å². The zero-order valence-corrected chi connectivity index (χ0v) is 26.9. The van der Waals surface area contributed by atoms with Crippen LogP contribution in [-0.4, -0.2) is 51.1 Å². The van der Waals surface area contributed by atoms with E-state index in [2.05, 4.69) is 19.1 Å². The maximum Gasteiger partial charge on any atom is 0.472 e. The zero-order valence-electron chi connectivity index (χ0n) is 26.0. The average molecular weight is 585 g/mol. The van der Waals surface area contributed by atoms with E-state index in [1.54, 1.807) is 0 Å². The van der Waals surface area contributed by atoms with Gasteiger partial charge in [0.15, 0.2) is 0 Å². The van der Waals surface area contributed by atoms with E-state index in [0.29, 0.717) is 19.4 Å². The number of aryl methyl sites for hydroxylation is 1. The Morgan fingerprint density at radius 3 is 2.08 bits per heavy atom. The molecule has 2 atom stereocenters. The van der Waals surface area contributed by atoms with E-state index in [4.69, 9.17) is 13.8 Å². The molecule has 1 aromatic rings. The van der Waals surface area contributed by atoms with Crippen molar-refractivity contribution in [2.45, 2.75) is 117 Å². The first kappa shape index (κ1) is 36.8. The number of hydrogen-bond donors (Lipinski definition) is 2. The predicted octanol–water partition coefficient (Wildman–Crippen LogP) is 6.96. The van der Waals surface area contributed by atoms with Gasteiger partial charge in [0.05, 0.1) is 27.3 Å². The number of carbonyl (C=O) groups excluding carboxylic acids is 1. The molecule has 0 aliphatic heterocycles. The molecule has 0 amide bonds. The highest BCUT2D eigenvalue weighted by Gasteiger charge is 2.24. The fraction of sp³-hybridized carbons (Fsp3) is 0.781. The molecule has 2 N–H and O–H groups in total. The normalized spacial score (nSPS) is 13.8. The van der Waals surface area contributed by atoms with Crippen molar-refractivity contribution in [3.8, 4) is 5.75 Å². The second kappa shape index (κ2) is 23.3. The Morgan fingerprint density at radius 2 is 1.48 bits per heavy atom. The molecule has 0 fully saturated rings. The molecule has 0 heterocycles. The lowest BCUT2D eigenvalue weighted by Crippen LogP contribution is -3.06. The Morgan fingerprint density at radius 1 is 0.850 bits per heavy atom. The van der Waals surface area contributed by atoms with Crippen molar-refractivity contribution < 1.29 is 32.9 Å². The van der Waals surface area contributed by atoms with Crippen LogP contribution in [0.5, 0.6) is 5.75 Å². The molecule has 0 spiro atoms. The second-order valence-corrected chi connectivity index (χ2v) is 12.9. The van der Waals surface area contributed by atoms with Gasteiger partial charge in [-0.1, -0.05) is 83.8 Å². The number of phosphoric ester groups is 1. The van der Waals surface area contributed by atoms with Crippen molar-refractivity contribution in [2.75, 3.05) is 40.5 Å². The van der Waals surface area contributed by atoms with Crippen molar-refractivity contribution >= 4 is 13.6 Å². The number of ketones is 1. The summed E-state index contributed by atoms with van der Waals surface area (Å²) in [6.45, 7) is 5.81. The molecular formula is C32H59NO6P+. The van der Waals surface area contributed by atoms with E-state index in [0.717, 1.165) is 49.4 Å². The minimum absolute atomic E-state index is 0.0454. The third-order valence-corrected chi connectivity index (χ3v) is 8.13. The Bertz CT molecular complexity index is 801. The molecule has 232 valence electrons. The fourth-order valence-corrected chi connectivity index (χ4v) is 5.47. The molecule has 0 aliphatic rings. The smallest absolute Gasteiger partial charge is 0.472 e. The van der Waals surface area contributed by atoms with Crippen molar-refractivity contribution in [3.63, 3.8) is 0 Å². The number of Topliss-reactive ketones (excluding diaryl/α,β-unsaturated/α-hetero) is 1. The molecule has 0 aromatic heterocycles. The number of hydrogen-bond acceptors (Lipinski definition) is 5. The van der Waals surface area contributed by atoms with E-state index in [-0.39, 0.29) is 24.9 Å². The molecule has 1 rings (SSSR count). The maximum atomic E-state index is 12.3. The van der Waals surface area contributed by atoms with Crippen LogP contribution in [0.1, 0.15) is 116 Å². The van der Waals surface area contributed by atoms with Gasteiger partial charge in [-0.2, -0.15) is 0 Å². The van der Waals surface area contributed by atoms with Crippen LogP contribution >= 0.6 is 7.82 Å². The SMILES string of the molecule is CCCCCCCCCCCCOc1ccc(CCCC(COP(=O)(O)OCC[NH+](C)C)CC(=O)CCC)cc1. The zero-order chi connectivity index (χ0) is 29.5. The summed E-state index contributed by atoms with van der Waals surface area (Å²) >= 11 is 0. The molecule has 0 saturated carbocycles. The Kier molecular flexibility index (Phi) is 21.5. The first-order valence-corrected chi connectivity index (χ1v) is 17.4. The maximum absolute atomic E-state index is 12.3. The highest BCUT2D eigenvalue weighted by Crippen LogP contribution is 2.43. The molecule has 2 unspecified atom stereocenters. The Hall–Kier alpha value is -1.24. The Balaban J connectivity index is 2.32. The molecule has 7 nitrogen and oxygen atoms in total. The molecule has 1 aromatic carbocycles. The van der Waals surface area contributed by atoms with Crippen LogP contribution in [0.4, 0.5) is 0 Å². The largest absolute Gasteiger partial charge is 0.494 e. The van der Waals surface area contributed by atoms with Gasteiger partial charge in [-0.3, -0.25) is 13.8 Å². The topological polar surface area (TPSA) is 86.5 Å². The van der Waals surface area contributed by atoms with Crippen LogP contribution in [-0.2, 0) is 24.8 Å². The lowest BCUT2D eigenvalue weighted by molar-refractivity contribution is -0.858. The van der Waals surface area contributed by atoms with Gasteiger partial charge in [0, 0.05) is 12.8 Å². The third-order valence-electron chi connectivity index (χ3n) is 7.14. The molecule has 40 heavy (non-hydrogen) atoms. The molecule has 0 radical (unpaired) electrons. The van der Waals surface area contributed by atoms with E-state index >= 15 is 0 Å². The standard InChI is InChI=1S/C32H58NO6P/c1-5-7-8-9-10-11-12-13-14-15-25-37-32-22-20-29(21-23-32)18-16-19-30(27-31(34)17-6-2)28-39-40(35,36)38-26-24-33(3)4/h20-23,30H,5-19,24-28H2,1-4H3,(H,35,36)/p+1. The first-order chi connectivity index (χ1) is 19.3. The lowest BCUT2D eigenvalue weighted by Gasteiger charge is -2.19. The van der Waals surface area contributed by atoms with Gasteiger partial charge in [-0.25, -0.2) is 4.57 Å². The van der Waals surface area contributed by atoms with Crippen molar-refractivity contribution in [2.24, 2.45) is 5.92 Å². The second-order valence-electron chi connectivity index (χ2n) is 11.5. The van der Waals surface area contributed by atoms with Crippen molar-refractivity contribution in [3.05, 3.63) is 29.8 Å². The monoisotopic (exact) mass is 584 g/mol. The lowest BCUT2D eigenvalue weighted by atomic mass is 9.94. The van der Waals surface area contributed by atoms with Crippen LogP contribution in [0.3, 0.4) is 0 Å². The number of phosphoric acid groups is 1. The van der Waals surface area contributed by atoms with Gasteiger partial charge in [0.1, 0.15) is 24.7 Å². The highest BCUT2D eigenvalue weighted by atomic mass is 31.2. The number of nitrogens with one attached hydrogen (secondary N) is 1. The van der Waals surface area contributed by atoms with Gasteiger partial charge in [-0.15, -0.1) is 0 Å². The summed E-state index contributed by atoms with van der Waals surface area (Å²) in [6, 6.07) is 8.27. The number of unbranched alkanes of at least 4 members (excludes halogenated alkanes) is 9. The number of likely N-dealkylation sites (N-methyl/N-ethyl adjacent to an activating group) is 1. The summed E-state index contributed by atoms with van der Waals surface area (Å²) in [5.41, 5.74) is 1.22. The summed E-state index contributed by atoms with van der Waals surface area (Å²) in [4.78, 5) is 23.4. The number of quaternary nitrogens is 1. The average Bonchev–Trinajstić information content (AvgIpc) is 2.91. The quantitative estimate of drug-likeness (QED) is 0.0859. The van der Waals surface area contributed by atoms with E-state index < -0.39 is 7.82 Å². The molecular weight excluding hydrogens is 525 g/mol. The van der Waals surface area contributed by atoms with Gasteiger partial charge >= 0.3 is 7.82 Å². The van der Waals surface area contributed by atoms with Crippen LogP contribution in [0, 0.1) is 5.92 Å². The molecule has 8 heteroatoms. The minimum Gasteiger partial charge on any atom is -0.494 e. The van der Waals surface area contributed by atoms with Crippen LogP contribution in [0.2, 0.25) is 0 Å². The summed E-state index contributed by atoms with van der Waals surface area (Å²) in [7, 11) is -0.228. The van der Waals surface area contributed by atoms with E-state index in [1.807, 2.05) is 33.2 Å². The summed E-state index contributed by atoms with van der Waals surface area (Å²) in [5.74, 6) is 0.974. The first-order valence-electron chi connectivity index (χ1n) is 15.9. The highest BCUT2D eigenvalue weighted by molar-refractivity contribution is 7.47. The number of carbonyl (C=O) groups is 1. The molecule has 0 aliphatic carbocycles. The predicted molar refractivity (Wildman–Crippen MR) is 164 cm³/mol. The fourth-order valence-electron chi connectivity index (χ4n) is 4.68. The van der Waals surface area contributed by atoms with Crippen LogP contribution in [0.25, 0.3) is 0 Å². The Labute approximate surface area is 245 Å². The van der Waals surface area contributed by atoms with E-state index in [9.17, 15) is 14.3 Å². The van der Waals surface area contributed by atoms with Crippen LogP contribution in [0.15, 0.2) is 24.3 Å². The van der Waals surface area contributed by atoms with E-state index in [1.165, 1.54) is 63.4 Å². The summed E-state index contributed by atoms with van der Waals surface area (Å²) in [5, 5.41) is 0. The number of ether oxygens (including phenoxy) is 1. The summed E-state index contributed by atoms with van der Waals surface area (Å²) < 4.78 is 28.5. The molecule has 0 saturated heterocycles. The van der Waals surface area contributed by atoms with Gasteiger partial charge in [0.25, 0.3) is 0 Å². The minimum atomic E-state index is -4.12.